The molecule has 0 radical (unpaired) electrons. The molecule has 9 nitrogen and oxygen atoms in total. The summed E-state index contributed by atoms with van der Waals surface area (Å²) >= 11 is 26.4. The molecule has 1 N–H and O–H groups in total. The number of rotatable bonds is 4. The van der Waals surface area contributed by atoms with Crippen LogP contribution in [0, 0.1) is 46.8 Å². The summed E-state index contributed by atoms with van der Waals surface area (Å²) in [6, 6.07) is 4.79. The summed E-state index contributed by atoms with van der Waals surface area (Å²) in [6.45, 7) is 0. The second kappa shape index (κ2) is 12.4. The Balaban J connectivity index is 1.39. The number of aromatic nitrogens is 1. The number of halogens is 12. The molecule has 4 amide bonds. The molecule has 0 spiro atoms. The van der Waals surface area contributed by atoms with Crippen LogP contribution >= 0.6 is 46.4 Å². The molecule has 4 aliphatic rings. The van der Waals surface area contributed by atoms with Crippen molar-refractivity contribution >= 4 is 81.5 Å². The second-order valence-corrected chi connectivity index (χ2v) is 15.0. The van der Waals surface area contributed by atoms with Gasteiger partial charge in [0.1, 0.15) is 17.1 Å². The van der Waals surface area contributed by atoms with Gasteiger partial charge in [0, 0.05) is 23.6 Å². The summed E-state index contributed by atoms with van der Waals surface area (Å²) in [7, 11) is 1.04. The van der Waals surface area contributed by atoms with Gasteiger partial charge in [0.25, 0.3) is 23.6 Å². The first-order chi connectivity index (χ1) is 25.1. The first-order valence-electron chi connectivity index (χ1n) is 15.4. The van der Waals surface area contributed by atoms with E-state index < -0.39 is 122 Å². The number of hydrogen-bond donors (Lipinski definition) is 1. The van der Waals surface area contributed by atoms with Gasteiger partial charge in [-0.1, -0.05) is 34.9 Å². The molecule has 7 rings (SSSR count). The number of allylic oxidation sites excluding steroid dienone is 2. The Kier molecular flexibility index (Phi) is 8.76. The number of pyridine rings is 1. The number of hydrogen-bond acceptors (Lipinski definition) is 7. The van der Waals surface area contributed by atoms with Crippen LogP contribution in [-0.4, -0.2) is 55.5 Å². The van der Waals surface area contributed by atoms with Gasteiger partial charge >= 0.3 is 6.18 Å². The smallest absolute Gasteiger partial charge is 0.433 e. The third-order valence-corrected chi connectivity index (χ3v) is 12.2. The van der Waals surface area contributed by atoms with Crippen LogP contribution < -0.4 is 9.91 Å². The fourth-order valence-electron chi connectivity index (χ4n) is 7.86. The fraction of sp³-hybridized carbons (Fsp3) is 0.303. The monoisotopic (exact) mass is 842 g/mol. The molecule has 2 aliphatic heterocycles. The number of hydrazine groups is 1. The normalized spacial score (nSPS) is 28.0. The molecular weight excluding hydrogens is 826 g/mol. The Morgan fingerprint density at radius 3 is 2.09 bits per heavy atom. The summed E-state index contributed by atoms with van der Waals surface area (Å²) in [4.78, 5) is 54.1. The zero-order valence-electron chi connectivity index (χ0n) is 26.6. The number of phenols is 1. The summed E-state index contributed by atoms with van der Waals surface area (Å²) < 4.78 is 114. The number of aromatic hydroxyl groups is 1. The number of nitrogens with zero attached hydrogens (tertiary/aromatic N) is 4. The maximum absolute atomic E-state index is 15.2. The van der Waals surface area contributed by atoms with Crippen molar-refractivity contribution in [3.05, 3.63) is 92.4 Å². The fourth-order valence-corrected chi connectivity index (χ4v) is 9.19. The van der Waals surface area contributed by atoms with Crippen molar-refractivity contribution in [3.8, 4) is 5.75 Å². The van der Waals surface area contributed by atoms with Gasteiger partial charge in [-0.25, -0.2) is 31.8 Å². The Labute approximate surface area is 317 Å². The molecule has 3 fully saturated rings. The topological polar surface area (TPSA) is 111 Å². The number of carbonyl (C=O) groups is 4. The van der Waals surface area contributed by atoms with Crippen LogP contribution in [0.4, 0.5) is 46.6 Å². The maximum Gasteiger partial charge on any atom is 0.433 e. The number of anilines is 2. The Bertz CT molecular complexity index is 2250. The van der Waals surface area contributed by atoms with E-state index in [1.54, 1.807) is 0 Å². The van der Waals surface area contributed by atoms with Gasteiger partial charge < -0.3 is 5.11 Å². The molecule has 2 aliphatic carbocycles. The van der Waals surface area contributed by atoms with Gasteiger partial charge in [-0.05, 0) is 49.1 Å². The average Bonchev–Trinajstić information content (AvgIpc) is 3.45. The average molecular weight is 844 g/mol. The molecule has 284 valence electrons. The van der Waals surface area contributed by atoms with Crippen molar-refractivity contribution in [2.75, 3.05) is 17.0 Å². The van der Waals surface area contributed by atoms with Gasteiger partial charge in [0.2, 0.25) is 5.82 Å². The lowest BCUT2D eigenvalue weighted by Gasteiger charge is -2.50. The van der Waals surface area contributed by atoms with Crippen molar-refractivity contribution in [3.63, 3.8) is 0 Å². The summed E-state index contributed by atoms with van der Waals surface area (Å²) in [5, 5.41) is 11.8. The Morgan fingerprint density at radius 2 is 1.48 bits per heavy atom. The van der Waals surface area contributed by atoms with Gasteiger partial charge in [0.05, 0.1) is 16.9 Å². The quantitative estimate of drug-likeness (QED) is 0.0727. The van der Waals surface area contributed by atoms with Crippen LogP contribution in [0.1, 0.15) is 30.0 Å². The van der Waals surface area contributed by atoms with Gasteiger partial charge in [-0.15, -0.1) is 23.2 Å². The number of alkyl halides is 5. The minimum Gasteiger partial charge on any atom is -0.508 e. The largest absolute Gasteiger partial charge is 0.508 e. The Morgan fingerprint density at radius 1 is 0.870 bits per heavy atom. The van der Waals surface area contributed by atoms with Gasteiger partial charge in [-0.3, -0.25) is 24.2 Å². The highest BCUT2D eigenvalue weighted by Crippen LogP contribution is 2.67. The van der Waals surface area contributed by atoms with Crippen LogP contribution in [-0.2, 0) is 25.4 Å². The van der Waals surface area contributed by atoms with Crippen molar-refractivity contribution in [1.29, 1.82) is 0 Å². The van der Waals surface area contributed by atoms with Crippen molar-refractivity contribution in [1.82, 2.24) is 9.99 Å². The van der Waals surface area contributed by atoms with Crippen LogP contribution in [0.25, 0.3) is 0 Å². The number of imide groups is 2. The highest BCUT2D eigenvalue weighted by atomic mass is 35.5. The molecular formula is C33H18Cl4F8N4O5. The first-order valence-corrected chi connectivity index (χ1v) is 16.9. The highest BCUT2D eigenvalue weighted by molar-refractivity contribution is 6.58. The van der Waals surface area contributed by atoms with E-state index >= 15 is 8.78 Å². The van der Waals surface area contributed by atoms with E-state index in [1.165, 1.54) is 12.1 Å². The third-order valence-electron chi connectivity index (χ3n) is 10.2. The summed E-state index contributed by atoms with van der Waals surface area (Å²) in [5.74, 6) is -25.6. The Hall–Kier alpha value is -4.19. The number of phenolic OH excluding ortho intramolecular Hbond substituents is 1. The molecule has 0 bridgehead atoms. The molecule has 2 aromatic carbocycles. The van der Waals surface area contributed by atoms with Crippen LogP contribution in [0.2, 0.25) is 10.0 Å². The highest BCUT2D eigenvalue weighted by Gasteiger charge is 2.77. The predicted octanol–water partition coefficient (Wildman–Crippen LogP) is 7.42. The zero-order chi connectivity index (χ0) is 39.7. The van der Waals surface area contributed by atoms with E-state index in [4.69, 9.17) is 46.4 Å². The van der Waals surface area contributed by atoms with E-state index in [-0.39, 0.29) is 32.5 Å². The lowest BCUT2D eigenvalue weighted by atomic mass is 9.56. The minimum absolute atomic E-state index is 0.0126. The molecule has 3 heterocycles. The molecule has 6 unspecified atom stereocenters. The zero-order valence-corrected chi connectivity index (χ0v) is 29.6. The first kappa shape index (κ1) is 38.1. The number of carbonyl (C=O) groups excluding carboxylic acids is 4. The molecule has 21 heteroatoms. The minimum atomic E-state index is -4.95. The van der Waals surface area contributed by atoms with Crippen molar-refractivity contribution in [2.45, 2.75) is 34.7 Å². The lowest BCUT2D eigenvalue weighted by Crippen LogP contribution is -2.60. The van der Waals surface area contributed by atoms with Crippen LogP contribution in [0.5, 0.6) is 5.75 Å². The standard InChI is InChI=1S/C33H18Cl4F8N4O5/c1-47(26-15(35)5-7-17(46-26)33(43,44)45)49-27(51)12-4-3-11-14(18(12)28(49)52)9-31(36)29(53)48(25-23(41)21(39)20(38)22(40)24(25)42)30(54)32(31,37)19(11)13-8-10(34)2-6-16(13)50/h2-3,5-8,12,14,18-19,50H,4,9H2,1H3. The van der Waals surface area contributed by atoms with E-state index in [1.807, 2.05) is 0 Å². The molecule has 3 aromatic rings. The molecule has 1 aromatic heterocycles. The maximum atomic E-state index is 15.2. The number of benzene rings is 2. The lowest BCUT2D eigenvalue weighted by molar-refractivity contribution is -0.141. The van der Waals surface area contributed by atoms with Gasteiger partial charge in [0.15, 0.2) is 38.8 Å². The molecule has 54 heavy (non-hydrogen) atoms. The number of amides is 4. The molecule has 1 saturated carbocycles. The SMILES string of the molecule is CN(c1nc(C(F)(F)F)ccc1Cl)N1C(=O)C2CC=C3C(CC4(Cl)C(=O)N(c5c(F)c(F)c(F)c(F)c5F)C(=O)C4(Cl)C3c3cc(Cl)ccc3O)C2C1=O. The van der Waals surface area contributed by atoms with E-state index in [0.717, 1.165) is 25.2 Å². The third kappa shape index (κ3) is 5.00. The predicted molar refractivity (Wildman–Crippen MR) is 174 cm³/mol. The van der Waals surface area contributed by atoms with E-state index in [2.05, 4.69) is 4.98 Å². The summed E-state index contributed by atoms with van der Waals surface area (Å²) in [5.41, 5.74) is -3.73. The summed E-state index contributed by atoms with van der Waals surface area (Å²) in [6.07, 6.45) is -4.79. The second-order valence-electron chi connectivity index (χ2n) is 12.9. The van der Waals surface area contributed by atoms with Crippen LogP contribution in [0.15, 0.2) is 42.0 Å². The van der Waals surface area contributed by atoms with Crippen molar-refractivity contribution < 1.29 is 59.4 Å². The van der Waals surface area contributed by atoms with E-state index in [0.29, 0.717) is 16.1 Å². The van der Waals surface area contributed by atoms with E-state index in [9.17, 15) is 50.6 Å². The van der Waals surface area contributed by atoms with Crippen LogP contribution in [0.3, 0.4) is 0 Å². The number of fused-ring (bicyclic) bond motifs is 4. The molecule has 6 atom stereocenters. The molecule has 2 saturated heterocycles. The van der Waals surface area contributed by atoms with Gasteiger partial charge in [-0.2, -0.15) is 18.2 Å². The van der Waals surface area contributed by atoms with Crippen molar-refractivity contribution in [2.24, 2.45) is 17.8 Å².